The van der Waals surface area contributed by atoms with Gasteiger partial charge in [-0.2, -0.15) is 4.31 Å². The first-order valence-electron chi connectivity index (χ1n) is 9.02. The van der Waals surface area contributed by atoms with Gasteiger partial charge < -0.3 is 9.47 Å². The van der Waals surface area contributed by atoms with Crippen LogP contribution in [0.4, 0.5) is 0 Å². The van der Waals surface area contributed by atoms with Gasteiger partial charge in [0, 0.05) is 12.1 Å². The van der Waals surface area contributed by atoms with Crippen molar-refractivity contribution in [1.82, 2.24) is 4.31 Å². The molecular weight excluding hydrogens is 362 g/mol. The van der Waals surface area contributed by atoms with E-state index in [1.54, 1.807) is 42.8 Å². The van der Waals surface area contributed by atoms with Gasteiger partial charge in [-0.25, -0.2) is 8.42 Å². The van der Waals surface area contributed by atoms with Crippen LogP contribution >= 0.6 is 0 Å². The first kappa shape index (κ1) is 21.3. The highest BCUT2D eigenvalue weighted by atomic mass is 32.2. The molecule has 2 aromatic rings. The summed E-state index contributed by atoms with van der Waals surface area (Å²) in [6.07, 6.45) is 0. The molecule has 0 saturated carbocycles. The average molecular weight is 392 g/mol. The molecule has 0 aromatic heterocycles. The van der Waals surface area contributed by atoms with Crippen LogP contribution in [0, 0.1) is 0 Å². The smallest absolute Gasteiger partial charge is 0.225 e. The van der Waals surface area contributed by atoms with E-state index in [1.807, 2.05) is 52.0 Å². The summed E-state index contributed by atoms with van der Waals surface area (Å²) in [6.45, 7) is 7.60. The molecule has 0 spiro atoms. The lowest BCUT2D eigenvalue weighted by Gasteiger charge is -2.34. The highest BCUT2D eigenvalue weighted by Crippen LogP contribution is 2.36. The van der Waals surface area contributed by atoms with Gasteiger partial charge in [-0.15, -0.1) is 0 Å². The van der Waals surface area contributed by atoms with Gasteiger partial charge in [-0.05, 0) is 63.1 Å². The van der Waals surface area contributed by atoms with E-state index in [1.165, 1.54) is 0 Å². The summed E-state index contributed by atoms with van der Waals surface area (Å²) < 4.78 is 39.4. The van der Waals surface area contributed by atoms with Crippen molar-refractivity contribution in [3.8, 4) is 11.5 Å². The maximum absolute atomic E-state index is 13.7. The molecule has 148 valence electrons. The van der Waals surface area contributed by atoms with Crippen molar-refractivity contribution >= 4 is 10.0 Å². The summed E-state index contributed by atoms with van der Waals surface area (Å²) in [5, 5.41) is -0.806. The minimum Gasteiger partial charge on any atom is -0.497 e. The molecule has 0 heterocycles. The molecular formula is C21H29NO4S. The lowest BCUT2D eigenvalue weighted by Crippen LogP contribution is -2.44. The Labute approximate surface area is 163 Å². The van der Waals surface area contributed by atoms with Crippen molar-refractivity contribution in [3.63, 3.8) is 0 Å². The third-order valence-corrected chi connectivity index (χ3v) is 7.02. The first-order chi connectivity index (χ1) is 12.7. The molecule has 0 amide bonds. The third kappa shape index (κ3) is 4.62. The van der Waals surface area contributed by atoms with Crippen LogP contribution in [0.15, 0.2) is 48.5 Å². The fraction of sp³-hybridized carbons (Fsp3) is 0.429. The number of sulfonamides is 1. The highest BCUT2D eigenvalue weighted by Gasteiger charge is 2.37. The molecule has 27 heavy (non-hydrogen) atoms. The van der Waals surface area contributed by atoms with Crippen LogP contribution in [0.5, 0.6) is 11.5 Å². The van der Waals surface area contributed by atoms with Gasteiger partial charge in [-0.3, -0.25) is 0 Å². The molecule has 0 saturated heterocycles. The van der Waals surface area contributed by atoms with Crippen LogP contribution in [0.25, 0.3) is 0 Å². The maximum Gasteiger partial charge on any atom is 0.225 e. The monoisotopic (exact) mass is 391 g/mol. The lowest BCUT2D eigenvalue weighted by atomic mass is 10.0. The van der Waals surface area contributed by atoms with Crippen molar-refractivity contribution in [2.75, 3.05) is 14.2 Å². The van der Waals surface area contributed by atoms with Gasteiger partial charge in [0.15, 0.2) is 0 Å². The zero-order valence-corrected chi connectivity index (χ0v) is 17.7. The summed E-state index contributed by atoms with van der Waals surface area (Å²) >= 11 is 0. The van der Waals surface area contributed by atoms with Crippen LogP contribution in [0.3, 0.4) is 0 Å². The topological polar surface area (TPSA) is 55.8 Å². The van der Waals surface area contributed by atoms with E-state index in [0.29, 0.717) is 22.6 Å². The maximum atomic E-state index is 13.7. The molecule has 0 radical (unpaired) electrons. The number of ether oxygens (including phenoxy) is 2. The molecule has 0 fully saturated rings. The second kappa shape index (κ2) is 8.76. The Morgan fingerprint density at radius 2 is 1.04 bits per heavy atom. The lowest BCUT2D eigenvalue weighted by molar-refractivity contribution is 0.300. The van der Waals surface area contributed by atoms with Crippen LogP contribution in [-0.2, 0) is 10.0 Å². The normalized spacial score (nSPS) is 12.2. The molecule has 0 atom stereocenters. The quantitative estimate of drug-likeness (QED) is 0.675. The highest BCUT2D eigenvalue weighted by molar-refractivity contribution is 7.89. The largest absolute Gasteiger partial charge is 0.497 e. The minimum atomic E-state index is -3.66. The Hall–Kier alpha value is -2.05. The molecule has 0 bridgehead atoms. The minimum absolute atomic E-state index is 0.144. The standard InChI is InChI=1S/C21H29NO4S/c1-15(2)22(16(3)4)27(23,24)21(17-7-11-19(25-5)12-8-17)18-9-13-20(26-6)14-10-18/h7-16,21H,1-6H3. The Kier molecular flexibility index (Phi) is 6.89. The first-order valence-corrected chi connectivity index (χ1v) is 10.5. The summed E-state index contributed by atoms with van der Waals surface area (Å²) in [6, 6.07) is 14.1. The van der Waals surface area contributed by atoms with Gasteiger partial charge in [0.25, 0.3) is 0 Å². The molecule has 0 aliphatic heterocycles. The molecule has 2 rings (SSSR count). The van der Waals surface area contributed by atoms with Crippen molar-refractivity contribution in [2.45, 2.75) is 45.0 Å². The molecule has 2 aromatic carbocycles. The molecule has 5 nitrogen and oxygen atoms in total. The number of benzene rings is 2. The predicted molar refractivity (Wildman–Crippen MR) is 109 cm³/mol. The van der Waals surface area contributed by atoms with E-state index in [4.69, 9.17) is 9.47 Å². The zero-order valence-electron chi connectivity index (χ0n) is 16.8. The number of hydrogen-bond acceptors (Lipinski definition) is 4. The Balaban J connectivity index is 2.63. The summed E-state index contributed by atoms with van der Waals surface area (Å²) in [5.41, 5.74) is 1.40. The van der Waals surface area contributed by atoms with E-state index in [9.17, 15) is 8.42 Å². The number of methoxy groups -OCH3 is 2. The van der Waals surface area contributed by atoms with Crippen molar-refractivity contribution < 1.29 is 17.9 Å². The fourth-order valence-corrected chi connectivity index (χ4v) is 5.82. The third-order valence-electron chi connectivity index (χ3n) is 4.45. The summed E-state index contributed by atoms with van der Waals surface area (Å²) in [7, 11) is -0.477. The number of rotatable bonds is 8. The van der Waals surface area contributed by atoms with E-state index >= 15 is 0 Å². The zero-order chi connectivity index (χ0) is 20.2. The number of hydrogen-bond donors (Lipinski definition) is 0. The van der Waals surface area contributed by atoms with Crippen LogP contribution in [-0.4, -0.2) is 39.0 Å². The Morgan fingerprint density at radius 3 is 1.30 bits per heavy atom. The molecule has 6 heteroatoms. The van der Waals surface area contributed by atoms with Gasteiger partial charge >= 0.3 is 0 Å². The molecule has 0 aliphatic carbocycles. The van der Waals surface area contributed by atoms with Gasteiger partial charge in [-0.1, -0.05) is 24.3 Å². The Morgan fingerprint density at radius 1 is 0.704 bits per heavy atom. The van der Waals surface area contributed by atoms with E-state index in [0.717, 1.165) is 0 Å². The fourth-order valence-electron chi connectivity index (χ4n) is 3.40. The van der Waals surface area contributed by atoms with Crippen LogP contribution in [0.1, 0.15) is 44.1 Å². The van der Waals surface area contributed by atoms with E-state index < -0.39 is 15.3 Å². The van der Waals surface area contributed by atoms with Gasteiger partial charge in [0.2, 0.25) is 10.0 Å². The van der Waals surface area contributed by atoms with Crippen molar-refractivity contribution in [2.24, 2.45) is 0 Å². The van der Waals surface area contributed by atoms with Gasteiger partial charge in [0.1, 0.15) is 16.7 Å². The van der Waals surface area contributed by atoms with E-state index in [-0.39, 0.29) is 12.1 Å². The SMILES string of the molecule is COc1ccc(C(c2ccc(OC)cc2)S(=O)(=O)N(C(C)C)C(C)C)cc1. The molecule has 0 aliphatic rings. The van der Waals surface area contributed by atoms with Crippen molar-refractivity contribution in [3.05, 3.63) is 59.7 Å². The van der Waals surface area contributed by atoms with E-state index in [2.05, 4.69) is 0 Å². The van der Waals surface area contributed by atoms with Gasteiger partial charge in [0.05, 0.1) is 14.2 Å². The number of nitrogens with zero attached hydrogens (tertiary/aromatic N) is 1. The molecule has 0 N–H and O–H groups in total. The second-order valence-corrected chi connectivity index (χ2v) is 8.91. The summed E-state index contributed by atoms with van der Waals surface area (Å²) in [5.74, 6) is 1.38. The van der Waals surface area contributed by atoms with Crippen LogP contribution < -0.4 is 9.47 Å². The van der Waals surface area contributed by atoms with Crippen LogP contribution in [0.2, 0.25) is 0 Å². The second-order valence-electron chi connectivity index (χ2n) is 6.99. The summed E-state index contributed by atoms with van der Waals surface area (Å²) in [4.78, 5) is 0. The Bertz CT molecular complexity index is 772. The predicted octanol–water partition coefficient (Wildman–Crippen LogP) is 4.24. The molecule has 0 unspecified atom stereocenters. The van der Waals surface area contributed by atoms with Crippen molar-refractivity contribution in [1.29, 1.82) is 0 Å². The average Bonchev–Trinajstić information content (AvgIpc) is 2.61.